The fraction of sp³-hybridized carbons (Fsp3) is 0.379. The molecule has 0 atom stereocenters. The molecule has 3 aromatic carbocycles. The van der Waals surface area contributed by atoms with Crippen molar-refractivity contribution >= 4 is 0 Å². The molecule has 1 aliphatic carbocycles. The first-order valence-electron chi connectivity index (χ1n) is 11.7. The number of hydrogen-bond donors (Lipinski definition) is 0. The molecule has 0 amide bonds. The molecule has 0 bridgehead atoms. The Bertz CT molecular complexity index is 979. The van der Waals surface area contributed by atoms with E-state index in [-0.39, 0.29) is 5.82 Å². The monoisotopic (exact) mass is 400 g/mol. The van der Waals surface area contributed by atoms with Gasteiger partial charge in [0, 0.05) is 5.56 Å². The number of halogens is 1. The normalized spacial score (nSPS) is 19.0. The lowest BCUT2D eigenvalue weighted by Crippen LogP contribution is -2.14. The van der Waals surface area contributed by atoms with Gasteiger partial charge in [-0.05, 0) is 71.8 Å². The van der Waals surface area contributed by atoms with Gasteiger partial charge < -0.3 is 0 Å². The van der Waals surface area contributed by atoms with Crippen molar-refractivity contribution in [1.82, 2.24) is 0 Å². The third-order valence-corrected chi connectivity index (χ3v) is 6.91. The van der Waals surface area contributed by atoms with Crippen molar-refractivity contribution in [3.05, 3.63) is 83.7 Å². The Morgan fingerprint density at radius 2 is 1.30 bits per heavy atom. The van der Waals surface area contributed by atoms with Gasteiger partial charge in [0.05, 0.1) is 0 Å². The molecule has 0 unspecified atom stereocenters. The molecule has 4 rings (SSSR count). The molecule has 1 heteroatoms. The fourth-order valence-electron chi connectivity index (χ4n) is 5.28. The molecule has 30 heavy (non-hydrogen) atoms. The quantitative estimate of drug-likeness (QED) is 0.388. The summed E-state index contributed by atoms with van der Waals surface area (Å²) in [5.74, 6) is 1.43. The predicted octanol–water partition coefficient (Wildman–Crippen LogP) is 8.80. The van der Waals surface area contributed by atoms with Crippen LogP contribution >= 0.6 is 0 Å². The van der Waals surface area contributed by atoms with E-state index in [0.29, 0.717) is 17.9 Å². The van der Waals surface area contributed by atoms with Crippen LogP contribution in [0.1, 0.15) is 69.4 Å². The minimum atomic E-state index is -0.0787. The SMILES string of the molecule is CCCC1CCC(c2ccccc2-c2ccccc2-c2cccc(CC)c2F)CC1. The third-order valence-electron chi connectivity index (χ3n) is 6.91. The maximum atomic E-state index is 15.2. The molecule has 1 aliphatic rings. The van der Waals surface area contributed by atoms with Crippen molar-refractivity contribution in [2.24, 2.45) is 5.92 Å². The molecule has 1 fully saturated rings. The minimum absolute atomic E-state index is 0.0787. The molecule has 0 aliphatic heterocycles. The third kappa shape index (κ3) is 4.21. The summed E-state index contributed by atoms with van der Waals surface area (Å²) in [4.78, 5) is 0. The Labute approximate surface area is 181 Å². The summed E-state index contributed by atoms with van der Waals surface area (Å²) in [6.07, 6.45) is 8.57. The molecule has 0 heterocycles. The smallest absolute Gasteiger partial charge is 0.134 e. The lowest BCUT2D eigenvalue weighted by molar-refractivity contribution is 0.308. The predicted molar refractivity (Wildman–Crippen MR) is 126 cm³/mol. The van der Waals surface area contributed by atoms with Gasteiger partial charge in [-0.2, -0.15) is 0 Å². The van der Waals surface area contributed by atoms with Gasteiger partial charge in [0.2, 0.25) is 0 Å². The standard InChI is InChI=1S/C29H33F/c1-3-10-21-17-19-23(20-18-21)24-12-5-6-13-25(24)26-14-7-8-15-27(26)28-16-9-11-22(4-2)29(28)30/h5-9,11-16,21,23H,3-4,10,17-20H2,1-2H3. The van der Waals surface area contributed by atoms with Gasteiger partial charge in [-0.1, -0.05) is 93.4 Å². The highest BCUT2D eigenvalue weighted by Crippen LogP contribution is 2.43. The highest BCUT2D eigenvalue weighted by atomic mass is 19.1. The van der Waals surface area contributed by atoms with E-state index in [4.69, 9.17) is 0 Å². The summed E-state index contributed by atoms with van der Waals surface area (Å²) < 4.78 is 15.2. The fourth-order valence-corrected chi connectivity index (χ4v) is 5.28. The zero-order chi connectivity index (χ0) is 20.9. The van der Waals surface area contributed by atoms with Crippen LogP contribution in [-0.4, -0.2) is 0 Å². The highest BCUT2D eigenvalue weighted by molar-refractivity contribution is 5.85. The Morgan fingerprint density at radius 3 is 1.97 bits per heavy atom. The van der Waals surface area contributed by atoms with Gasteiger partial charge in [-0.3, -0.25) is 0 Å². The molecule has 0 nitrogen and oxygen atoms in total. The Morgan fingerprint density at radius 1 is 0.700 bits per heavy atom. The zero-order valence-corrected chi connectivity index (χ0v) is 18.3. The largest absolute Gasteiger partial charge is 0.206 e. The van der Waals surface area contributed by atoms with Crippen LogP contribution < -0.4 is 0 Å². The lowest BCUT2D eigenvalue weighted by Gasteiger charge is -2.30. The van der Waals surface area contributed by atoms with Crippen LogP contribution in [0.15, 0.2) is 66.7 Å². The second kappa shape index (κ2) is 9.60. The van der Waals surface area contributed by atoms with E-state index in [0.717, 1.165) is 22.6 Å². The maximum Gasteiger partial charge on any atom is 0.134 e. The van der Waals surface area contributed by atoms with Gasteiger partial charge in [0.1, 0.15) is 5.82 Å². The van der Waals surface area contributed by atoms with E-state index in [1.165, 1.54) is 49.7 Å². The number of rotatable bonds is 6. The van der Waals surface area contributed by atoms with Crippen molar-refractivity contribution in [3.63, 3.8) is 0 Å². The van der Waals surface area contributed by atoms with Crippen LogP contribution in [0.2, 0.25) is 0 Å². The summed E-state index contributed by atoms with van der Waals surface area (Å²) in [5, 5.41) is 0. The molecular formula is C29H33F. The van der Waals surface area contributed by atoms with Gasteiger partial charge >= 0.3 is 0 Å². The summed E-state index contributed by atoms with van der Waals surface area (Å²) in [7, 11) is 0. The summed E-state index contributed by atoms with van der Waals surface area (Å²) in [6, 6.07) is 22.9. The molecule has 0 aromatic heterocycles. The average molecular weight is 401 g/mol. The van der Waals surface area contributed by atoms with Crippen molar-refractivity contribution < 1.29 is 4.39 Å². The number of aryl methyl sites for hydroxylation is 1. The summed E-state index contributed by atoms with van der Waals surface area (Å²) >= 11 is 0. The van der Waals surface area contributed by atoms with Crippen LogP contribution in [0, 0.1) is 11.7 Å². The van der Waals surface area contributed by atoms with Crippen molar-refractivity contribution in [2.75, 3.05) is 0 Å². The first-order valence-corrected chi connectivity index (χ1v) is 11.7. The number of hydrogen-bond acceptors (Lipinski definition) is 0. The van der Waals surface area contributed by atoms with Crippen LogP contribution in [0.3, 0.4) is 0 Å². The molecule has 3 aromatic rings. The topological polar surface area (TPSA) is 0 Å². The lowest BCUT2D eigenvalue weighted by atomic mass is 9.75. The highest BCUT2D eigenvalue weighted by Gasteiger charge is 2.24. The van der Waals surface area contributed by atoms with Gasteiger partial charge in [0.25, 0.3) is 0 Å². The van der Waals surface area contributed by atoms with Crippen LogP contribution in [-0.2, 0) is 6.42 Å². The van der Waals surface area contributed by atoms with E-state index in [9.17, 15) is 0 Å². The van der Waals surface area contributed by atoms with E-state index in [1.807, 2.05) is 31.2 Å². The van der Waals surface area contributed by atoms with Crippen LogP contribution in [0.5, 0.6) is 0 Å². The second-order valence-electron chi connectivity index (χ2n) is 8.77. The van der Waals surface area contributed by atoms with Gasteiger partial charge in [-0.25, -0.2) is 4.39 Å². The Balaban J connectivity index is 1.74. The summed E-state index contributed by atoms with van der Waals surface area (Å²) in [5.41, 5.74) is 6.35. The average Bonchev–Trinajstić information content (AvgIpc) is 2.80. The molecule has 0 saturated heterocycles. The van der Waals surface area contributed by atoms with Crippen LogP contribution in [0.4, 0.5) is 4.39 Å². The molecule has 0 spiro atoms. The van der Waals surface area contributed by atoms with E-state index < -0.39 is 0 Å². The Kier molecular flexibility index (Phi) is 6.67. The first kappa shape index (κ1) is 20.8. The van der Waals surface area contributed by atoms with E-state index >= 15 is 4.39 Å². The number of benzene rings is 3. The van der Waals surface area contributed by atoms with E-state index in [2.05, 4.69) is 49.4 Å². The van der Waals surface area contributed by atoms with Crippen molar-refractivity contribution in [3.8, 4) is 22.3 Å². The van der Waals surface area contributed by atoms with Gasteiger partial charge in [0.15, 0.2) is 0 Å². The zero-order valence-electron chi connectivity index (χ0n) is 18.3. The van der Waals surface area contributed by atoms with Crippen LogP contribution in [0.25, 0.3) is 22.3 Å². The molecule has 0 N–H and O–H groups in total. The van der Waals surface area contributed by atoms with Crippen molar-refractivity contribution in [2.45, 2.75) is 64.7 Å². The minimum Gasteiger partial charge on any atom is -0.206 e. The summed E-state index contributed by atoms with van der Waals surface area (Å²) in [6.45, 7) is 4.31. The maximum absolute atomic E-state index is 15.2. The van der Waals surface area contributed by atoms with E-state index in [1.54, 1.807) is 0 Å². The molecule has 0 radical (unpaired) electrons. The second-order valence-corrected chi connectivity index (χ2v) is 8.77. The van der Waals surface area contributed by atoms with Crippen molar-refractivity contribution in [1.29, 1.82) is 0 Å². The first-order chi connectivity index (χ1) is 14.7. The molecular weight excluding hydrogens is 367 g/mol. The molecule has 1 saturated carbocycles. The Hall–Kier alpha value is -2.41. The molecule has 156 valence electrons. The van der Waals surface area contributed by atoms with Gasteiger partial charge in [-0.15, -0.1) is 0 Å².